The lowest BCUT2D eigenvalue weighted by molar-refractivity contribution is 0.402. The molecule has 0 aliphatic rings. The summed E-state index contributed by atoms with van der Waals surface area (Å²) in [6, 6.07) is 10.8. The van der Waals surface area contributed by atoms with Gasteiger partial charge in [0.15, 0.2) is 0 Å². The summed E-state index contributed by atoms with van der Waals surface area (Å²) in [4.78, 5) is 3.47. The van der Waals surface area contributed by atoms with Crippen molar-refractivity contribution < 1.29 is 0 Å². The smallest absolute Gasteiger partial charge is 0.0843 e. The minimum absolute atomic E-state index is 0.849. The van der Waals surface area contributed by atoms with Crippen LogP contribution in [0.5, 0.6) is 0 Å². The Morgan fingerprint density at radius 2 is 1.84 bits per heavy atom. The van der Waals surface area contributed by atoms with Gasteiger partial charge in [0.05, 0.1) is 3.79 Å². The molecule has 5 heteroatoms. The van der Waals surface area contributed by atoms with Crippen molar-refractivity contribution >= 4 is 48.9 Å². The molecule has 0 radical (unpaired) electrons. The monoisotopic (exact) mass is 402 g/mol. The highest BCUT2D eigenvalue weighted by atomic mass is 79.9. The largest absolute Gasteiger partial charge is 0.380 e. The summed E-state index contributed by atoms with van der Waals surface area (Å²) in [6.07, 6.45) is 0. The maximum Gasteiger partial charge on any atom is 0.0843 e. The third-order valence-corrected chi connectivity index (χ3v) is 5.87. The van der Waals surface area contributed by atoms with E-state index < -0.39 is 0 Å². The van der Waals surface area contributed by atoms with Gasteiger partial charge in [-0.2, -0.15) is 0 Å². The van der Waals surface area contributed by atoms with Crippen LogP contribution < -0.4 is 5.32 Å². The van der Waals surface area contributed by atoms with Crippen LogP contribution >= 0.6 is 43.2 Å². The van der Waals surface area contributed by atoms with Crippen molar-refractivity contribution in [2.45, 2.75) is 13.1 Å². The molecule has 0 amide bonds. The summed E-state index contributed by atoms with van der Waals surface area (Å²) in [5.74, 6) is 0. The third-order valence-electron chi connectivity index (χ3n) is 2.62. The van der Waals surface area contributed by atoms with E-state index in [0.717, 1.165) is 27.0 Å². The standard InChI is InChI=1S/C14H16Br2N2S/c1-18(2)9-10-3-5-11(6-4-10)17-8-12-7-13(15)14(16)19-12/h3-7,17H,8-9H2,1-2H3. The van der Waals surface area contributed by atoms with E-state index in [1.165, 1.54) is 10.4 Å². The third kappa shape index (κ3) is 4.60. The average molecular weight is 404 g/mol. The zero-order valence-corrected chi connectivity index (χ0v) is 14.9. The molecule has 1 N–H and O–H groups in total. The molecule has 19 heavy (non-hydrogen) atoms. The lowest BCUT2D eigenvalue weighted by atomic mass is 10.2. The summed E-state index contributed by atoms with van der Waals surface area (Å²) in [5, 5.41) is 3.44. The molecule has 1 aromatic carbocycles. The highest BCUT2D eigenvalue weighted by Gasteiger charge is 2.04. The molecule has 0 aliphatic carbocycles. The number of rotatable bonds is 5. The predicted molar refractivity (Wildman–Crippen MR) is 90.9 cm³/mol. The molecule has 0 atom stereocenters. The number of benzene rings is 1. The molecule has 0 aliphatic heterocycles. The van der Waals surface area contributed by atoms with Gasteiger partial charge in [-0.25, -0.2) is 0 Å². The summed E-state index contributed by atoms with van der Waals surface area (Å²) in [7, 11) is 4.16. The molecule has 0 spiro atoms. The second kappa shape index (κ2) is 6.88. The lowest BCUT2D eigenvalue weighted by Gasteiger charge is -2.10. The van der Waals surface area contributed by atoms with Crippen LogP contribution in [0, 0.1) is 0 Å². The fourth-order valence-electron chi connectivity index (χ4n) is 1.76. The number of hydrogen-bond donors (Lipinski definition) is 1. The molecule has 0 saturated heterocycles. The molecule has 1 aromatic heterocycles. The van der Waals surface area contributed by atoms with Crippen molar-refractivity contribution in [3.63, 3.8) is 0 Å². The number of nitrogens with one attached hydrogen (secondary N) is 1. The van der Waals surface area contributed by atoms with E-state index in [9.17, 15) is 0 Å². The van der Waals surface area contributed by atoms with Gasteiger partial charge in [0.2, 0.25) is 0 Å². The molecule has 0 bridgehead atoms. The van der Waals surface area contributed by atoms with Gasteiger partial charge in [0, 0.05) is 28.1 Å². The Morgan fingerprint density at radius 3 is 2.37 bits per heavy atom. The van der Waals surface area contributed by atoms with Crippen LogP contribution in [-0.4, -0.2) is 19.0 Å². The Hall–Kier alpha value is -0.360. The van der Waals surface area contributed by atoms with Gasteiger partial charge < -0.3 is 10.2 Å². The fourth-order valence-corrected chi connectivity index (χ4v) is 3.88. The minimum Gasteiger partial charge on any atom is -0.380 e. The van der Waals surface area contributed by atoms with E-state index in [1.807, 2.05) is 0 Å². The van der Waals surface area contributed by atoms with Crippen molar-refractivity contribution in [3.8, 4) is 0 Å². The zero-order valence-electron chi connectivity index (χ0n) is 10.9. The van der Waals surface area contributed by atoms with Gasteiger partial charge in [-0.3, -0.25) is 0 Å². The number of thiophene rings is 1. The molecule has 102 valence electrons. The first-order valence-corrected chi connectivity index (χ1v) is 8.36. The molecule has 2 nitrogen and oxygen atoms in total. The van der Waals surface area contributed by atoms with Crippen molar-refractivity contribution in [2.24, 2.45) is 0 Å². The second-order valence-electron chi connectivity index (χ2n) is 4.62. The van der Waals surface area contributed by atoms with Crippen LogP contribution in [0.4, 0.5) is 5.69 Å². The molecule has 0 saturated carbocycles. The molecular formula is C14H16Br2N2S. The molecule has 0 unspecified atom stereocenters. The molecule has 2 aromatic rings. The maximum atomic E-state index is 3.51. The van der Waals surface area contributed by atoms with E-state index in [0.29, 0.717) is 0 Å². The molecular weight excluding hydrogens is 388 g/mol. The van der Waals surface area contributed by atoms with Crippen LogP contribution in [0.2, 0.25) is 0 Å². The minimum atomic E-state index is 0.849. The van der Waals surface area contributed by atoms with Crippen LogP contribution in [0.1, 0.15) is 10.4 Å². The van der Waals surface area contributed by atoms with Crippen LogP contribution in [0.3, 0.4) is 0 Å². The quantitative estimate of drug-likeness (QED) is 0.759. The summed E-state index contributed by atoms with van der Waals surface area (Å²) < 4.78 is 2.27. The highest BCUT2D eigenvalue weighted by molar-refractivity contribution is 9.13. The summed E-state index contributed by atoms with van der Waals surface area (Å²) >= 11 is 8.77. The zero-order chi connectivity index (χ0) is 13.8. The van der Waals surface area contributed by atoms with Crippen molar-refractivity contribution in [1.82, 2.24) is 4.90 Å². The first-order valence-electron chi connectivity index (χ1n) is 5.96. The molecule has 1 heterocycles. The Balaban J connectivity index is 1.92. The second-order valence-corrected chi connectivity index (χ2v) is 7.93. The van der Waals surface area contributed by atoms with E-state index in [4.69, 9.17) is 0 Å². The van der Waals surface area contributed by atoms with Gasteiger partial charge >= 0.3 is 0 Å². The van der Waals surface area contributed by atoms with Crippen LogP contribution in [0.25, 0.3) is 0 Å². The highest BCUT2D eigenvalue weighted by Crippen LogP contribution is 2.32. The Morgan fingerprint density at radius 1 is 1.16 bits per heavy atom. The van der Waals surface area contributed by atoms with Crippen LogP contribution in [0.15, 0.2) is 38.6 Å². The Bertz CT molecular complexity index is 515. The van der Waals surface area contributed by atoms with E-state index in [1.54, 1.807) is 11.3 Å². The van der Waals surface area contributed by atoms with Gasteiger partial charge in [0.1, 0.15) is 0 Å². The molecule has 0 fully saturated rings. The maximum absolute atomic E-state index is 3.51. The average Bonchev–Trinajstić information content (AvgIpc) is 2.67. The van der Waals surface area contributed by atoms with Crippen molar-refractivity contribution in [2.75, 3.05) is 19.4 Å². The molecule has 2 rings (SSSR count). The van der Waals surface area contributed by atoms with E-state index in [-0.39, 0.29) is 0 Å². The van der Waals surface area contributed by atoms with Gasteiger partial charge in [-0.05, 0) is 69.7 Å². The van der Waals surface area contributed by atoms with E-state index >= 15 is 0 Å². The normalized spacial score (nSPS) is 11.0. The van der Waals surface area contributed by atoms with Crippen molar-refractivity contribution in [1.29, 1.82) is 0 Å². The summed E-state index contributed by atoms with van der Waals surface area (Å²) in [6.45, 7) is 1.83. The lowest BCUT2D eigenvalue weighted by Crippen LogP contribution is -2.10. The van der Waals surface area contributed by atoms with Crippen LogP contribution in [-0.2, 0) is 13.1 Å². The predicted octanol–water partition coefficient (Wildman–Crippen LogP) is 4.95. The first-order chi connectivity index (χ1) is 9.04. The number of nitrogens with zero attached hydrogens (tertiary/aromatic N) is 1. The van der Waals surface area contributed by atoms with Crippen molar-refractivity contribution in [3.05, 3.63) is 49.0 Å². The number of halogens is 2. The topological polar surface area (TPSA) is 15.3 Å². The van der Waals surface area contributed by atoms with Gasteiger partial charge in [-0.15, -0.1) is 11.3 Å². The fraction of sp³-hybridized carbons (Fsp3) is 0.286. The Kier molecular flexibility index (Phi) is 5.45. The summed E-state index contributed by atoms with van der Waals surface area (Å²) in [5.41, 5.74) is 2.49. The van der Waals surface area contributed by atoms with E-state index in [2.05, 4.69) is 86.5 Å². The van der Waals surface area contributed by atoms with Gasteiger partial charge in [0.25, 0.3) is 0 Å². The van der Waals surface area contributed by atoms with Gasteiger partial charge in [-0.1, -0.05) is 12.1 Å². The first kappa shape index (κ1) is 15.0. The Labute approximate surface area is 135 Å². The number of hydrogen-bond acceptors (Lipinski definition) is 3. The SMILES string of the molecule is CN(C)Cc1ccc(NCc2cc(Br)c(Br)s2)cc1. The number of anilines is 1.